The van der Waals surface area contributed by atoms with E-state index in [-0.39, 0.29) is 24.6 Å². The van der Waals surface area contributed by atoms with E-state index >= 15 is 0 Å². The number of benzene rings is 2. The lowest BCUT2D eigenvalue weighted by Crippen LogP contribution is -2.44. The molecule has 0 fully saturated rings. The van der Waals surface area contributed by atoms with Crippen LogP contribution in [0.3, 0.4) is 0 Å². The van der Waals surface area contributed by atoms with E-state index in [4.69, 9.17) is 16.3 Å². The summed E-state index contributed by atoms with van der Waals surface area (Å²) < 4.78 is 7.84. The first-order chi connectivity index (χ1) is 17.9. The van der Waals surface area contributed by atoms with Gasteiger partial charge in [0, 0.05) is 48.6 Å². The lowest BCUT2D eigenvalue weighted by Gasteiger charge is -2.18. The Balaban J connectivity index is 1.65. The van der Waals surface area contributed by atoms with Gasteiger partial charge in [0.25, 0.3) is 5.56 Å². The Bertz CT molecular complexity index is 1530. The molecule has 12 heteroatoms. The number of hydrogen-bond acceptors (Lipinski definition) is 8. The predicted octanol–water partition coefficient (Wildman–Crippen LogP) is 1.93. The molecule has 0 amide bonds. The Morgan fingerprint density at radius 2 is 1.65 bits per heavy atom. The highest BCUT2D eigenvalue weighted by Gasteiger charge is 2.17. The van der Waals surface area contributed by atoms with Gasteiger partial charge in [-0.3, -0.25) is 9.36 Å². The minimum Gasteiger partial charge on any atom is -0.457 e. The van der Waals surface area contributed by atoms with Gasteiger partial charge in [-0.15, -0.1) is 0 Å². The summed E-state index contributed by atoms with van der Waals surface area (Å²) in [6.45, 7) is -0.901. The van der Waals surface area contributed by atoms with Crippen LogP contribution in [0.25, 0.3) is 0 Å². The average Bonchev–Trinajstić information content (AvgIpc) is 2.89. The molecule has 0 radical (unpaired) electrons. The Morgan fingerprint density at radius 3 is 2.30 bits per heavy atom. The quantitative estimate of drug-likeness (QED) is 0.245. The molecular weight excluding hydrogens is 502 g/mol. The topological polar surface area (TPSA) is 151 Å². The first kappa shape index (κ1) is 25.9. The summed E-state index contributed by atoms with van der Waals surface area (Å²) in [5, 5.41) is 22.4. The molecule has 4 aromatic rings. The van der Waals surface area contributed by atoms with Crippen molar-refractivity contribution in [3.8, 4) is 11.5 Å². The summed E-state index contributed by atoms with van der Waals surface area (Å²) in [5.41, 5.74) is -0.501. The molecule has 11 nitrogen and oxygen atoms in total. The van der Waals surface area contributed by atoms with Gasteiger partial charge in [-0.05, 0) is 48.0 Å². The molecule has 0 bridgehead atoms. The summed E-state index contributed by atoms with van der Waals surface area (Å²) in [7, 11) is 0. The number of nitrogens with one attached hydrogen (secondary N) is 2. The van der Waals surface area contributed by atoms with Crippen LogP contribution in [0.5, 0.6) is 11.5 Å². The van der Waals surface area contributed by atoms with Crippen LogP contribution in [0.15, 0.2) is 81.2 Å². The highest BCUT2D eigenvalue weighted by Crippen LogP contribution is 2.23. The largest absolute Gasteiger partial charge is 0.457 e. The Morgan fingerprint density at radius 1 is 0.946 bits per heavy atom. The third-order valence-electron chi connectivity index (χ3n) is 5.45. The summed E-state index contributed by atoms with van der Waals surface area (Å²) >= 11 is 5.98. The molecule has 0 spiro atoms. The molecule has 2 aromatic carbocycles. The van der Waals surface area contributed by atoms with Crippen LogP contribution in [0.1, 0.15) is 5.56 Å². The van der Waals surface area contributed by atoms with Crippen LogP contribution >= 0.6 is 11.6 Å². The molecule has 0 aliphatic carbocycles. The molecule has 2 heterocycles. The number of nitrogens with zero attached hydrogens (tertiary/aromatic N) is 3. The van der Waals surface area contributed by atoms with Crippen molar-refractivity contribution in [3.63, 3.8) is 0 Å². The van der Waals surface area contributed by atoms with E-state index in [1.165, 1.54) is 16.8 Å². The highest BCUT2D eigenvalue weighted by molar-refractivity contribution is 6.30. The van der Waals surface area contributed by atoms with Crippen molar-refractivity contribution in [1.29, 1.82) is 0 Å². The van der Waals surface area contributed by atoms with E-state index in [1.807, 2.05) is 0 Å². The summed E-state index contributed by atoms with van der Waals surface area (Å²) in [5.74, 6) is 0.157. The first-order valence-electron chi connectivity index (χ1n) is 11.3. The van der Waals surface area contributed by atoms with Crippen molar-refractivity contribution in [3.05, 3.63) is 109 Å². The molecule has 0 unspecified atom stereocenters. The number of pyridine rings is 1. The molecule has 37 heavy (non-hydrogen) atoms. The monoisotopic (exact) mass is 525 g/mol. The van der Waals surface area contributed by atoms with Crippen LogP contribution in [0.4, 0.5) is 11.6 Å². The zero-order chi connectivity index (χ0) is 26.4. The lowest BCUT2D eigenvalue weighted by atomic mass is 10.2. The lowest BCUT2D eigenvalue weighted by molar-refractivity contribution is 0.134. The molecule has 0 saturated heterocycles. The normalized spacial score (nSPS) is 11.0. The third-order valence-corrected chi connectivity index (χ3v) is 5.71. The van der Waals surface area contributed by atoms with Crippen LogP contribution in [-0.2, 0) is 13.1 Å². The molecule has 0 aliphatic heterocycles. The van der Waals surface area contributed by atoms with Crippen LogP contribution < -0.4 is 27.0 Å². The van der Waals surface area contributed by atoms with E-state index in [0.29, 0.717) is 22.2 Å². The number of aromatic amines is 1. The second-order valence-electron chi connectivity index (χ2n) is 8.20. The number of H-pyrrole nitrogens is 1. The maximum atomic E-state index is 13.3. The molecule has 192 valence electrons. The molecule has 0 saturated carbocycles. The number of anilines is 2. The fraction of sp³-hybridized carbons (Fsp3) is 0.200. The number of aromatic nitrogens is 4. The van der Waals surface area contributed by atoms with Crippen molar-refractivity contribution in [2.24, 2.45) is 5.92 Å². The van der Waals surface area contributed by atoms with Gasteiger partial charge in [-0.1, -0.05) is 23.7 Å². The number of ether oxygens (including phenoxy) is 1. The van der Waals surface area contributed by atoms with Gasteiger partial charge in [-0.2, -0.15) is 4.98 Å². The van der Waals surface area contributed by atoms with Gasteiger partial charge in [0.15, 0.2) is 0 Å². The van der Waals surface area contributed by atoms with Gasteiger partial charge >= 0.3 is 11.4 Å². The van der Waals surface area contributed by atoms with Gasteiger partial charge in [0.05, 0.1) is 6.54 Å². The standard InChI is InChI=1S/C25H24ClN5O6/c26-18-3-1-16(2-4-18)12-30-23(29-24(35)31(25(30)36)13-17(14-32)15-33)28-19-5-7-20(8-6-19)37-21-9-10-27-22(34)11-21/h1-11,17,32-33H,12-15H2,(H,27,34)(H,28,29,35). The zero-order valence-corrected chi connectivity index (χ0v) is 20.3. The number of aliphatic hydroxyl groups is 2. The third kappa shape index (κ3) is 6.53. The SMILES string of the molecule is O=c1cc(Oc2ccc(Nc3nc(=O)n(CC(CO)CO)c(=O)n3Cc3ccc(Cl)cc3)cc2)cc[nH]1. The number of halogens is 1. The molecule has 0 aliphatic rings. The van der Waals surface area contributed by atoms with Crippen molar-refractivity contribution in [2.45, 2.75) is 13.1 Å². The second-order valence-corrected chi connectivity index (χ2v) is 8.63. The highest BCUT2D eigenvalue weighted by atomic mass is 35.5. The van der Waals surface area contributed by atoms with E-state index in [2.05, 4.69) is 15.3 Å². The summed E-state index contributed by atoms with van der Waals surface area (Å²) in [4.78, 5) is 44.1. The van der Waals surface area contributed by atoms with Crippen molar-refractivity contribution < 1.29 is 14.9 Å². The van der Waals surface area contributed by atoms with Crippen LogP contribution in [0.2, 0.25) is 5.02 Å². The second kappa shape index (κ2) is 11.7. The molecule has 0 atom stereocenters. The maximum absolute atomic E-state index is 13.3. The Labute approximate surface area is 215 Å². The fourth-order valence-corrected chi connectivity index (χ4v) is 3.61. The number of rotatable bonds is 10. The Kier molecular flexibility index (Phi) is 8.18. The Hall–Kier alpha value is -4.19. The van der Waals surface area contributed by atoms with Gasteiger partial charge in [-0.25, -0.2) is 14.2 Å². The van der Waals surface area contributed by atoms with Gasteiger partial charge in [0.1, 0.15) is 11.5 Å². The van der Waals surface area contributed by atoms with Crippen LogP contribution in [0, 0.1) is 5.92 Å². The molecular formula is C25H24ClN5O6. The smallest absolute Gasteiger partial charge is 0.354 e. The fourth-order valence-electron chi connectivity index (χ4n) is 3.49. The number of aliphatic hydroxyl groups excluding tert-OH is 2. The van der Waals surface area contributed by atoms with Crippen molar-refractivity contribution in [2.75, 3.05) is 18.5 Å². The van der Waals surface area contributed by atoms with E-state index < -0.39 is 30.5 Å². The maximum Gasteiger partial charge on any atom is 0.354 e. The molecule has 2 aromatic heterocycles. The number of hydrogen-bond donors (Lipinski definition) is 4. The van der Waals surface area contributed by atoms with Crippen molar-refractivity contribution in [1.82, 2.24) is 19.1 Å². The predicted molar refractivity (Wildman–Crippen MR) is 138 cm³/mol. The average molecular weight is 526 g/mol. The summed E-state index contributed by atoms with van der Waals surface area (Å²) in [6, 6.07) is 16.4. The van der Waals surface area contributed by atoms with E-state index in [0.717, 1.165) is 10.1 Å². The molecule has 4 N–H and O–H groups in total. The van der Waals surface area contributed by atoms with E-state index in [9.17, 15) is 24.6 Å². The minimum atomic E-state index is -0.819. The molecule has 4 rings (SSSR count). The first-order valence-corrected chi connectivity index (χ1v) is 11.7. The van der Waals surface area contributed by atoms with Gasteiger partial charge in [0.2, 0.25) is 5.95 Å². The van der Waals surface area contributed by atoms with Gasteiger partial charge < -0.3 is 25.3 Å². The van der Waals surface area contributed by atoms with Crippen molar-refractivity contribution >= 4 is 23.2 Å². The summed E-state index contributed by atoms with van der Waals surface area (Å²) in [6.07, 6.45) is 1.48. The minimum absolute atomic E-state index is 0.00834. The van der Waals surface area contributed by atoms with Crippen LogP contribution in [-0.4, -0.2) is 42.5 Å². The van der Waals surface area contributed by atoms with E-state index in [1.54, 1.807) is 54.6 Å². The zero-order valence-electron chi connectivity index (χ0n) is 19.5.